The summed E-state index contributed by atoms with van der Waals surface area (Å²) < 4.78 is 1.81. The highest BCUT2D eigenvalue weighted by Crippen LogP contribution is 2.33. The molecule has 2 heterocycles. The number of carbonyl (C=O) groups excluding carboxylic acids is 2. The monoisotopic (exact) mass is 470 g/mol. The Kier molecular flexibility index (Phi) is 6.64. The van der Waals surface area contributed by atoms with Gasteiger partial charge < -0.3 is 10.6 Å². The molecule has 8 nitrogen and oxygen atoms in total. The number of ketones is 1. The molecule has 8 heteroatoms. The second kappa shape index (κ2) is 9.66. The number of amides is 1. The number of aryl methyl sites for hydroxylation is 2. The number of allylic oxidation sites excluding steroid dienone is 3. The van der Waals surface area contributed by atoms with E-state index in [0.29, 0.717) is 23.5 Å². The van der Waals surface area contributed by atoms with Crippen molar-refractivity contribution in [1.82, 2.24) is 25.1 Å². The number of Topliss-reactive ketones (excluding diaryl/α,β-unsaturated/α-hetero) is 1. The quantitative estimate of drug-likeness (QED) is 0.561. The number of carbonyl (C=O) groups is 2. The number of aromatic nitrogens is 4. The van der Waals surface area contributed by atoms with Crippen LogP contribution < -0.4 is 10.6 Å². The Morgan fingerprint density at radius 2 is 1.77 bits per heavy atom. The normalized spacial score (nSPS) is 13.7. The number of hydrogen-bond donors (Lipinski definition) is 2. The minimum Gasteiger partial charge on any atom is -0.357 e. The van der Waals surface area contributed by atoms with Crippen LogP contribution >= 0.6 is 0 Å². The van der Waals surface area contributed by atoms with Crippen molar-refractivity contribution in [2.24, 2.45) is 7.05 Å². The van der Waals surface area contributed by atoms with E-state index < -0.39 is 0 Å². The van der Waals surface area contributed by atoms with Gasteiger partial charge in [-0.3, -0.25) is 14.3 Å². The average molecular weight is 471 g/mol. The number of rotatable bonds is 6. The third-order valence-corrected chi connectivity index (χ3v) is 6.38. The van der Waals surface area contributed by atoms with Gasteiger partial charge in [0.25, 0.3) is 5.91 Å². The van der Waals surface area contributed by atoms with Gasteiger partial charge in [-0.05, 0) is 62.1 Å². The zero-order valence-electron chi connectivity index (χ0n) is 21.0. The minimum absolute atomic E-state index is 0.0567. The molecule has 0 spiro atoms. The van der Waals surface area contributed by atoms with Crippen molar-refractivity contribution in [3.05, 3.63) is 70.2 Å². The fourth-order valence-electron chi connectivity index (χ4n) is 4.49. The van der Waals surface area contributed by atoms with Crippen LogP contribution in [-0.2, 0) is 11.8 Å². The first-order valence-electron chi connectivity index (χ1n) is 11.5. The van der Waals surface area contributed by atoms with Gasteiger partial charge in [0.1, 0.15) is 0 Å². The number of benzene rings is 1. The molecule has 0 fully saturated rings. The van der Waals surface area contributed by atoms with Gasteiger partial charge in [0.2, 0.25) is 5.95 Å². The maximum Gasteiger partial charge on any atom is 0.251 e. The predicted octanol–water partition coefficient (Wildman–Crippen LogP) is 4.17. The van der Waals surface area contributed by atoms with E-state index in [9.17, 15) is 9.59 Å². The van der Waals surface area contributed by atoms with E-state index in [-0.39, 0.29) is 18.2 Å². The standard InChI is InChI=1S/C27H30N6O2/c1-15-7-16(2)23(24(34)8-15)14-29-26(35)22-10-19(20-12-30-27(28-5)31-13-20)9-21(18(22)4)25-17(3)11-32-33(25)6/h7,9-13H,8,14H2,1-6H3,(H,29,35)(H,28,30,31). The van der Waals surface area contributed by atoms with Crippen LogP contribution in [0, 0.1) is 13.8 Å². The molecule has 3 aromatic rings. The Labute approximate surface area is 205 Å². The van der Waals surface area contributed by atoms with Crippen LogP contribution in [0.25, 0.3) is 22.4 Å². The molecule has 1 amide bonds. The van der Waals surface area contributed by atoms with Gasteiger partial charge in [-0.25, -0.2) is 9.97 Å². The molecule has 180 valence electrons. The molecule has 4 rings (SSSR count). The third kappa shape index (κ3) is 4.77. The van der Waals surface area contributed by atoms with E-state index >= 15 is 0 Å². The van der Waals surface area contributed by atoms with Crippen LogP contribution in [0.1, 0.15) is 41.8 Å². The molecule has 2 N–H and O–H groups in total. The van der Waals surface area contributed by atoms with Crippen LogP contribution in [0.3, 0.4) is 0 Å². The van der Waals surface area contributed by atoms with E-state index in [0.717, 1.165) is 44.7 Å². The Morgan fingerprint density at radius 3 is 2.37 bits per heavy atom. The Hall–Kier alpha value is -4.07. The lowest BCUT2D eigenvalue weighted by molar-refractivity contribution is -0.115. The second-order valence-corrected chi connectivity index (χ2v) is 8.98. The molecule has 0 atom stereocenters. The molecular formula is C27H30N6O2. The maximum absolute atomic E-state index is 13.4. The van der Waals surface area contributed by atoms with Crippen molar-refractivity contribution in [1.29, 1.82) is 0 Å². The largest absolute Gasteiger partial charge is 0.357 e. The van der Waals surface area contributed by atoms with Crippen LogP contribution in [0.15, 0.2) is 53.5 Å². The van der Waals surface area contributed by atoms with Crippen molar-refractivity contribution in [3.63, 3.8) is 0 Å². The summed E-state index contributed by atoms with van der Waals surface area (Å²) in [6.07, 6.45) is 7.67. The van der Waals surface area contributed by atoms with Crippen molar-refractivity contribution in [2.45, 2.75) is 34.1 Å². The average Bonchev–Trinajstić information content (AvgIpc) is 3.16. The number of nitrogens with zero attached hydrogens (tertiary/aromatic N) is 4. The van der Waals surface area contributed by atoms with Crippen molar-refractivity contribution in [2.75, 3.05) is 18.9 Å². The fraction of sp³-hybridized carbons (Fsp3) is 0.296. The summed E-state index contributed by atoms with van der Waals surface area (Å²) in [6, 6.07) is 3.89. The Balaban J connectivity index is 1.76. The van der Waals surface area contributed by atoms with Crippen LogP contribution in [0.2, 0.25) is 0 Å². The number of anilines is 1. The second-order valence-electron chi connectivity index (χ2n) is 8.98. The van der Waals surface area contributed by atoms with E-state index in [2.05, 4.69) is 25.7 Å². The van der Waals surface area contributed by atoms with Gasteiger partial charge in [-0.15, -0.1) is 0 Å². The zero-order chi connectivity index (χ0) is 25.3. The van der Waals surface area contributed by atoms with Crippen molar-refractivity contribution in [3.8, 4) is 22.4 Å². The van der Waals surface area contributed by atoms with Crippen molar-refractivity contribution < 1.29 is 9.59 Å². The summed E-state index contributed by atoms with van der Waals surface area (Å²) in [5.74, 6) is 0.338. The molecule has 0 saturated heterocycles. The summed E-state index contributed by atoms with van der Waals surface area (Å²) in [4.78, 5) is 34.6. The molecule has 0 aliphatic heterocycles. The third-order valence-electron chi connectivity index (χ3n) is 6.38. The van der Waals surface area contributed by atoms with E-state index in [4.69, 9.17) is 0 Å². The fourth-order valence-corrected chi connectivity index (χ4v) is 4.49. The highest BCUT2D eigenvalue weighted by molar-refractivity contribution is 6.02. The lowest BCUT2D eigenvalue weighted by Crippen LogP contribution is -2.30. The topological polar surface area (TPSA) is 102 Å². The molecule has 0 saturated carbocycles. The molecule has 0 unspecified atom stereocenters. The highest BCUT2D eigenvalue weighted by atomic mass is 16.2. The smallest absolute Gasteiger partial charge is 0.251 e. The van der Waals surface area contributed by atoms with Crippen LogP contribution in [0.4, 0.5) is 5.95 Å². The molecule has 1 aliphatic carbocycles. The van der Waals surface area contributed by atoms with Gasteiger partial charge in [-0.1, -0.05) is 11.6 Å². The molecule has 1 aromatic carbocycles. The Morgan fingerprint density at radius 1 is 1.06 bits per heavy atom. The molecule has 1 aliphatic rings. The first-order chi connectivity index (χ1) is 16.7. The highest BCUT2D eigenvalue weighted by Gasteiger charge is 2.22. The number of nitrogens with one attached hydrogen (secondary N) is 2. The first kappa shape index (κ1) is 24.1. The molecular weight excluding hydrogens is 440 g/mol. The van der Waals surface area contributed by atoms with E-state index in [1.54, 1.807) is 19.4 Å². The van der Waals surface area contributed by atoms with E-state index in [1.165, 1.54) is 0 Å². The van der Waals surface area contributed by atoms with Crippen molar-refractivity contribution >= 4 is 17.6 Å². The minimum atomic E-state index is -0.238. The molecule has 0 radical (unpaired) electrons. The maximum atomic E-state index is 13.4. The summed E-state index contributed by atoms with van der Waals surface area (Å²) >= 11 is 0. The molecule has 35 heavy (non-hydrogen) atoms. The Bertz CT molecular complexity index is 1360. The number of hydrogen-bond acceptors (Lipinski definition) is 6. The van der Waals surface area contributed by atoms with Gasteiger partial charge in [0, 0.05) is 61.7 Å². The summed E-state index contributed by atoms with van der Waals surface area (Å²) in [5, 5.41) is 10.3. The summed E-state index contributed by atoms with van der Waals surface area (Å²) in [6.45, 7) is 7.98. The summed E-state index contributed by atoms with van der Waals surface area (Å²) in [7, 11) is 3.65. The van der Waals surface area contributed by atoms with Crippen LogP contribution in [0.5, 0.6) is 0 Å². The lowest BCUT2D eigenvalue weighted by Gasteiger charge is -2.18. The summed E-state index contributed by atoms with van der Waals surface area (Å²) in [5.41, 5.74) is 8.42. The van der Waals surface area contributed by atoms with Gasteiger partial charge in [0.15, 0.2) is 5.78 Å². The van der Waals surface area contributed by atoms with Gasteiger partial charge in [-0.2, -0.15) is 5.10 Å². The van der Waals surface area contributed by atoms with Crippen LogP contribution in [-0.4, -0.2) is 45.0 Å². The van der Waals surface area contributed by atoms with E-state index in [1.807, 2.05) is 63.8 Å². The predicted molar refractivity (Wildman–Crippen MR) is 137 cm³/mol. The lowest BCUT2D eigenvalue weighted by atomic mass is 9.91. The molecule has 0 bridgehead atoms. The first-order valence-corrected chi connectivity index (χ1v) is 11.5. The van der Waals surface area contributed by atoms with Gasteiger partial charge in [0.05, 0.1) is 11.9 Å². The van der Waals surface area contributed by atoms with Gasteiger partial charge >= 0.3 is 0 Å². The molecule has 2 aromatic heterocycles. The zero-order valence-corrected chi connectivity index (χ0v) is 21.0. The SMILES string of the molecule is CNc1ncc(-c2cc(C(=O)NCC3=C(C)C=C(C)CC3=O)c(C)c(-c3c(C)cnn3C)c2)cn1.